The lowest BCUT2D eigenvalue weighted by Gasteiger charge is -2.36. The molecule has 2 unspecified atom stereocenters. The van der Waals surface area contributed by atoms with Crippen molar-refractivity contribution in [2.75, 3.05) is 0 Å². The maximum Gasteiger partial charge on any atom is 0.244 e. The monoisotopic (exact) mass is 501 g/mol. The predicted octanol–water partition coefficient (Wildman–Crippen LogP) is 9.63. The summed E-state index contributed by atoms with van der Waals surface area (Å²) in [7, 11) is 0. The molecule has 3 aromatic rings. The van der Waals surface area contributed by atoms with Gasteiger partial charge >= 0.3 is 0 Å². The Morgan fingerprint density at radius 1 is 0.703 bits per heavy atom. The van der Waals surface area contributed by atoms with Gasteiger partial charge in [0.25, 0.3) is 0 Å². The molecule has 2 heteroatoms. The summed E-state index contributed by atoms with van der Waals surface area (Å²) in [5, 5.41) is 0. The zero-order valence-electron chi connectivity index (χ0n) is 24.1. The van der Waals surface area contributed by atoms with Crippen molar-refractivity contribution in [2.45, 2.75) is 129 Å². The zero-order chi connectivity index (χ0) is 26.2. The minimum Gasteiger partial charge on any atom is -0.237 e. The number of benzene rings is 2. The van der Waals surface area contributed by atoms with Crippen LogP contribution in [0.25, 0.3) is 0 Å². The molecule has 0 N–H and O–H groups in total. The second-order valence-electron chi connectivity index (χ2n) is 11.4. The third kappa shape index (κ3) is 9.47. The average Bonchev–Trinajstić information content (AvgIpc) is 3.39. The molecule has 0 aliphatic heterocycles. The Labute approximate surface area is 228 Å². The van der Waals surface area contributed by atoms with Crippen LogP contribution in [0.15, 0.2) is 79.4 Å². The quantitative estimate of drug-likeness (QED) is 0.114. The molecule has 1 aromatic heterocycles. The van der Waals surface area contributed by atoms with Crippen molar-refractivity contribution < 1.29 is 4.57 Å². The van der Waals surface area contributed by atoms with Gasteiger partial charge in [-0.2, -0.15) is 0 Å². The van der Waals surface area contributed by atoms with E-state index in [1.54, 1.807) is 0 Å². The molecule has 0 fully saturated rings. The predicted molar refractivity (Wildman–Crippen MR) is 159 cm³/mol. The SMILES string of the molecule is CCCCCCCCCCCC[n+]1ccn(C(CCCC)C(C)(Cc2ccccc2)c2ccccc2)c1. The van der Waals surface area contributed by atoms with Gasteiger partial charge in [0.15, 0.2) is 0 Å². The van der Waals surface area contributed by atoms with Gasteiger partial charge in [-0.05, 0) is 43.2 Å². The van der Waals surface area contributed by atoms with Crippen LogP contribution < -0.4 is 4.57 Å². The summed E-state index contributed by atoms with van der Waals surface area (Å²) in [5.41, 5.74) is 2.88. The molecule has 0 saturated heterocycles. The van der Waals surface area contributed by atoms with Gasteiger partial charge in [0.2, 0.25) is 6.33 Å². The highest BCUT2D eigenvalue weighted by Crippen LogP contribution is 2.41. The van der Waals surface area contributed by atoms with Gasteiger partial charge in [-0.15, -0.1) is 0 Å². The molecule has 0 bridgehead atoms. The van der Waals surface area contributed by atoms with E-state index < -0.39 is 0 Å². The Kier molecular flexibility index (Phi) is 13.0. The van der Waals surface area contributed by atoms with Crippen molar-refractivity contribution in [1.82, 2.24) is 4.57 Å². The van der Waals surface area contributed by atoms with E-state index in [-0.39, 0.29) is 5.41 Å². The molecule has 37 heavy (non-hydrogen) atoms. The van der Waals surface area contributed by atoms with E-state index in [0.29, 0.717) is 6.04 Å². The normalized spacial score (nSPS) is 13.9. The summed E-state index contributed by atoms with van der Waals surface area (Å²) in [4.78, 5) is 0. The highest BCUT2D eigenvalue weighted by atomic mass is 15.1. The van der Waals surface area contributed by atoms with Crippen LogP contribution in [0.3, 0.4) is 0 Å². The molecule has 0 amide bonds. The number of nitrogens with zero attached hydrogens (tertiary/aromatic N) is 2. The van der Waals surface area contributed by atoms with E-state index >= 15 is 0 Å². The number of aryl methyl sites for hydroxylation is 1. The molecule has 0 aliphatic rings. The van der Waals surface area contributed by atoms with Crippen molar-refractivity contribution in [3.8, 4) is 0 Å². The average molecular weight is 502 g/mol. The van der Waals surface area contributed by atoms with E-state index in [9.17, 15) is 0 Å². The lowest BCUT2D eigenvalue weighted by molar-refractivity contribution is -0.697. The highest BCUT2D eigenvalue weighted by molar-refractivity contribution is 5.30. The fourth-order valence-electron chi connectivity index (χ4n) is 5.95. The smallest absolute Gasteiger partial charge is 0.237 e. The number of imidazole rings is 1. The van der Waals surface area contributed by atoms with Gasteiger partial charge in [-0.25, -0.2) is 9.13 Å². The molecular weight excluding hydrogens is 448 g/mol. The van der Waals surface area contributed by atoms with Crippen molar-refractivity contribution >= 4 is 0 Å². The first-order valence-corrected chi connectivity index (χ1v) is 15.3. The first-order chi connectivity index (χ1) is 18.2. The largest absolute Gasteiger partial charge is 0.244 e. The van der Waals surface area contributed by atoms with Crippen molar-refractivity contribution in [3.05, 3.63) is 90.5 Å². The summed E-state index contributed by atoms with van der Waals surface area (Å²) in [6.45, 7) is 8.23. The van der Waals surface area contributed by atoms with Gasteiger partial charge in [-0.3, -0.25) is 0 Å². The summed E-state index contributed by atoms with van der Waals surface area (Å²) >= 11 is 0. The summed E-state index contributed by atoms with van der Waals surface area (Å²) in [6.07, 6.45) is 25.6. The topological polar surface area (TPSA) is 8.81 Å². The van der Waals surface area contributed by atoms with Crippen LogP contribution in [0, 0.1) is 0 Å². The molecule has 2 aromatic carbocycles. The minimum absolute atomic E-state index is 0.0196. The van der Waals surface area contributed by atoms with E-state index in [0.717, 1.165) is 13.0 Å². The van der Waals surface area contributed by atoms with Crippen LogP contribution in [0.4, 0.5) is 0 Å². The van der Waals surface area contributed by atoms with Gasteiger partial charge in [-0.1, -0.05) is 139 Å². The number of hydrogen-bond acceptors (Lipinski definition) is 0. The Hall–Kier alpha value is -2.35. The van der Waals surface area contributed by atoms with Crippen LogP contribution in [0.1, 0.15) is 121 Å². The second kappa shape index (κ2) is 16.5. The van der Waals surface area contributed by atoms with Gasteiger partial charge in [0.1, 0.15) is 18.4 Å². The van der Waals surface area contributed by atoms with E-state index in [2.05, 4.69) is 109 Å². The standard InChI is InChI=1S/C35H53N2/c1-4-6-8-9-10-11-12-13-14-21-27-36-28-29-37(31-36)34(26-7-5-2)35(3,33-24-19-16-20-25-33)30-32-22-17-15-18-23-32/h15-20,22-25,28-29,31,34H,4-14,21,26-27,30H2,1-3H3/q+1. The molecule has 0 spiro atoms. The Balaban J connectivity index is 1.64. The summed E-state index contributed by atoms with van der Waals surface area (Å²) in [6, 6.07) is 22.7. The lowest BCUT2D eigenvalue weighted by atomic mass is 9.70. The maximum atomic E-state index is 2.53. The van der Waals surface area contributed by atoms with Gasteiger partial charge < -0.3 is 0 Å². The van der Waals surface area contributed by atoms with E-state index in [4.69, 9.17) is 0 Å². The van der Waals surface area contributed by atoms with Crippen LogP contribution >= 0.6 is 0 Å². The van der Waals surface area contributed by atoms with Crippen LogP contribution in [0.5, 0.6) is 0 Å². The van der Waals surface area contributed by atoms with Crippen LogP contribution in [-0.2, 0) is 18.4 Å². The first-order valence-electron chi connectivity index (χ1n) is 15.3. The Morgan fingerprint density at radius 2 is 1.27 bits per heavy atom. The zero-order valence-corrected chi connectivity index (χ0v) is 24.1. The van der Waals surface area contributed by atoms with Crippen molar-refractivity contribution in [1.29, 1.82) is 0 Å². The first kappa shape index (κ1) is 29.2. The second-order valence-corrected chi connectivity index (χ2v) is 11.4. The summed E-state index contributed by atoms with van der Waals surface area (Å²) in [5.74, 6) is 0. The third-order valence-corrected chi connectivity index (χ3v) is 8.26. The molecule has 0 aliphatic carbocycles. The Morgan fingerprint density at radius 3 is 1.89 bits per heavy atom. The molecular formula is C35H53N2+. The fraction of sp³-hybridized carbons (Fsp3) is 0.571. The number of unbranched alkanes of at least 4 members (excludes halogenated alkanes) is 10. The molecule has 0 radical (unpaired) electrons. The third-order valence-electron chi connectivity index (χ3n) is 8.26. The minimum atomic E-state index is 0.0196. The van der Waals surface area contributed by atoms with Gasteiger partial charge in [0.05, 0.1) is 6.54 Å². The molecule has 1 heterocycles. The van der Waals surface area contributed by atoms with Crippen molar-refractivity contribution in [3.63, 3.8) is 0 Å². The lowest BCUT2D eigenvalue weighted by Crippen LogP contribution is -2.38. The fourth-order valence-corrected chi connectivity index (χ4v) is 5.95. The van der Waals surface area contributed by atoms with Crippen LogP contribution in [-0.4, -0.2) is 4.57 Å². The van der Waals surface area contributed by atoms with Crippen LogP contribution in [0.2, 0.25) is 0 Å². The van der Waals surface area contributed by atoms with Gasteiger partial charge in [0, 0.05) is 5.41 Å². The van der Waals surface area contributed by atoms with E-state index in [1.165, 1.54) is 94.6 Å². The number of rotatable bonds is 19. The summed E-state index contributed by atoms with van der Waals surface area (Å²) < 4.78 is 4.96. The Bertz CT molecular complexity index is 961. The molecule has 0 saturated carbocycles. The molecule has 2 nitrogen and oxygen atoms in total. The highest BCUT2D eigenvalue weighted by Gasteiger charge is 2.40. The van der Waals surface area contributed by atoms with Crippen molar-refractivity contribution in [2.24, 2.45) is 0 Å². The van der Waals surface area contributed by atoms with E-state index in [1.807, 2.05) is 0 Å². The molecule has 2 atom stereocenters. The maximum absolute atomic E-state index is 2.53. The number of aromatic nitrogens is 2. The molecule has 3 rings (SSSR count). The molecule has 202 valence electrons. The number of hydrogen-bond donors (Lipinski definition) is 0.